The van der Waals surface area contributed by atoms with Gasteiger partial charge in [-0.2, -0.15) is 0 Å². The Morgan fingerprint density at radius 1 is 1.00 bits per heavy atom. The van der Waals surface area contributed by atoms with Gasteiger partial charge < -0.3 is 10.2 Å². The highest BCUT2D eigenvalue weighted by Gasteiger charge is 2.34. The monoisotopic (exact) mass is 336 g/mol. The van der Waals surface area contributed by atoms with Gasteiger partial charge in [0.25, 0.3) is 5.91 Å². The Balaban J connectivity index is 1.84. The van der Waals surface area contributed by atoms with Gasteiger partial charge >= 0.3 is 0 Å². The number of hydrogen-bond donors (Lipinski definition) is 1. The van der Waals surface area contributed by atoms with Crippen LogP contribution in [-0.2, 0) is 4.79 Å². The van der Waals surface area contributed by atoms with Crippen LogP contribution in [0.4, 0.5) is 0 Å². The summed E-state index contributed by atoms with van der Waals surface area (Å²) < 4.78 is 0. The van der Waals surface area contributed by atoms with Crippen molar-refractivity contribution in [2.45, 2.75) is 19.3 Å². The number of piperidine rings is 1. The lowest BCUT2D eigenvalue weighted by Gasteiger charge is -2.37. The molecule has 0 radical (unpaired) electrons. The average Bonchev–Trinajstić information content (AvgIpc) is 2.68. The predicted octanol–water partition coefficient (Wildman–Crippen LogP) is 3.07. The fraction of sp³-hybridized carbons (Fsp3) is 0.333. The number of benzene rings is 2. The van der Waals surface area contributed by atoms with Gasteiger partial charge in [-0.25, -0.2) is 0 Å². The van der Waals surface area contributed by atoms with Crippen LogP contribution in [0, 0.1) is 5.92 Å². The highest BCUT2D eigenvalue weighted by molar-refractivity contribution is 5.94. The molecule has 0 aliphatic carbocycles. The van der Waals surface area contributed by atoms with E-state index in [1.165, 1.54) is 5.56 Å². The summed E-state index contributed by atoms with van der Waals surface area (Å²) >= 11 is 0. The van der Waals surface area contributed by atoms with E-state index in [2.05, 4.69) is 17.4 Å². The number of nitrogens with one attached hydrogen (secondary N) is 1. The molecule has 4 heteroatoms. The SMILES string of the molecule is CCNC(=O)[C@H]1C[C@@H](c2ccccc2)CN(C(=O)c2ccccc2)C1. The Morgan fingerprint density at radius 2 is 1.64 bits per heavy atom. The molecule has 25 heavy (non-hydrogen) atoms. The average molecular weight is 336 g/mol. The van der Waals surface area contributed by atoms with Crippen LogP contribution in [0.5, 0.6) is 0 Å². The number of carbonyl (C=O) groups is 2. The molecule has 0 saturated carbocycles. The van der Waals surface area contributed by atoms with E-state index in [1.807, 2.05) is 60.4 Å². The van der Waals surface area contributed by atoms with E-state index in [0.717, 1.165) is 6.42 Å². The van der Waals surface area contributed by atoms with E-state index in [0.29, 0.717) is 25.2 Å². The molecule has 2 aromatic carbocycles. The summed E-state index contributed by atoms with van der Waals surface area (Å²) in [6, 6.07) is 19.5. The zero-order valence-electron chi connectivity index (χ0n) is 14.5. The summed E-state index contributed by atoms with van der Waals surface area (Å²) in [5.74, 6) is 0.0336. The Morgan fingerprint density at radius 3 is 2.28 bits per heavy atom. The summed E-state index contributed by atoms with van der Waals surface area (Å²) in [4.78, 5) is 27.2. The molecular formula is C21H24N2O2. The molecule has 1 aliphatic rings. The second-order valence-corrected chi connectivity index (χ2v) is 6.51. The van der Waals surface area contributed by atoms with Gasteiger partial charge in [0.1, 0.15) is 0 Å². The van der Waals surface area contributed by atoms with Crippen LogP contribution in [0.25, 0.3) is 0 Å². The fourth-order valence-electron chi connectivity index (χ4n) is 3.50. The molecule has 0 unspecified atom stereocenters. The molecule has 3 rings (SSSR count). The number of carbonyl (C=O) groups excluding carboxylic acids is 2. The lowest BCUT2D eigenvalue weighted by Crippen LogP contribution is -2.48. The first-order valence-electron chi connectivity index (χ1n) is 8.86. The maximum absolute atomic E-state index is 12.9. The minimum Gasteiger partial charge on any atom is -0.356 e. The summed E-state index contributed by atoms with van der Waals surface area (Å²) in [6.45, 7) is 3.65. The van der Waals surface area contributed by atoms with Gasteiger partial charge in [-0.3, -0.25) is 9.59 Å². The van der Waals surface area contributed by atoms with Crippen LogP contribution in [0.2, 0.25) is 0 Å². The molecular weight excluding hydrogens is 312 g/mol. The molecule has 4 nitrogen and oxygen atoms in total. The van der Waals surface area contributed by atoms with Crippen LogP contribution in [0.15, 0.2) is 60.7 Å². The fourth-order valence-corrected chi connectivity index (χ4v) is 3.50. The van der Waals surface area contributed by atoms with Gasteiger partial charge in [0.2, 0.25) is 5.91 Å². The first kappa shape index (κ1) is 17.2. The lowest BCUT2D eigenvalue weighted by molar-refractivity contribution is -0.126. The molecule has 130 valence electrons. The minimum atomic E-state index is -0.174. The molecule has 2 atom stereocenters. The second-order valence-electron chi connectivity index (χ2n) is 6.51. The zero-order valence-corrected chi connectivity index (χ0v) is 14.5. The predicted molar refractivity (Wildman–Crippen MR) is 98.3 cm³/mol. The highest BCUT2D eigenvalue weighted by Crippen LogP contribution is 2.31. The van der Waals surface area contributed by atoms with Crippen molar-refractivity contribution < 1.29 is 9.59 Å². The molecule has 1 heterocycles. The molecule has 2 aromatic rings. The molecule has 1 fully saturated rings. The minimum absolute atomic E-state index is 0.00414. The van der Waals surface area contributed by atoms with E-state index >= 15 is 0 Å². The third kappa shape index (κ3) is 4.08. The summed E-state index contributed by atoms with van der Waals surface area (Å²) in [7, 11) is 0. The quantitative estimate of drug-likeness (QED) is 0.933. The van der Waals surface area contributed by atoms with Gasteiger partial charge in [-0.05, 0) is 31.0 Å². The smallest absolute Gasteiger partial charge is 0.253 e. The van der Waals surface area contributed by atoms with Gasteiger partial charge in [-0.15, -0.1) is 0 Å². The standard InChI is InChI=1S/C21H24N2O2/c1-2-22-20(24)19-13-18(16-9-5-3-6-10-16)14-23(15-19)21(25)17-11-7-4-8-12-17/h3-12,18-19H,2,13-15H2,1H3,(H,22,24)/t18-,19+/m1/s1. The van der Waals surface area contributed by atoms with Gasteiger partial charge in [0.15, 0.2) is 0 Å². The summed E-state index contributed by atoms with van der Waals surface area (Å²) in [5, 5.41) is 2.91. The Labute approximate surface area is 148 Å². The van der Waals surface area contributed by atoms with Crippen LogP contribution < -0.4 is 5.32 Å². The van der Waals surface area contributed by atoms with Crippen molar-refractivity contribution in [3.63, 3.8) is 0 Å². The van der Waals surface area contributed by atoms with E-state index in [9.17, 15) is 9.59 Å². The highest BCUT2D eigenvalue weighted by atomic mass is 16.2. The Kier molecular flexibility index (Phi) is 5.49. The molecule has 1 N–H and O–H groups in total. The molecule has 2 amide bonds. The maximum atomic E-state index is 12.9. The number of hydrogen-bond acceptors (Lipinski definition) is 2. The van der Waals surface area contributed by atoms with E-state index < -0.39 is 0 Å². The molecule has 1 saturated heterocycles. The number of amides is 2. The van der Waals surface area contributed by atoms with Gasteiger partial charge in [0.05, 0.1) is 5.92 Å². The molecule has 0 aromatic heterocycles. The molecule has 0 bridgehead atoms. The first-order chi connectivity index (χ1) is 12.2. The second kappa shape index (κ2) is 7.97. The van der Waals surface area contributed by atoms with Crippen LogP contribution in [0.3, 0.4) is 0 Å². The topological polar surface area (TPSA) is 49.4 Å². The lowest BCUT2D eigenvalue weighted by atomic mass is 9.83. The van der Waals surface area contributed by atoms with Crippen molar-refractivity contribution in [2.75, 3.05) is 19.6 Å². The Bertz CT molecular complexity index is 715. The number of rotatable bonds is 4. The van der Waals surface area contributed by atoms with Gasteiger partial charge in [0, 0.05) is 31.1 Å². The summed E-state index contributed by atoms with van der Waals surface area (Å²) in [5.41, 5.74) is 1.85. The zero-order chi connectivity index (χ0) is 17.6. The van der Waals surface area contributed by atoms with Crippen molar-refractivity contribution in [3.05, 3.63) is 71.8 Å². The first-order valence-corrected chi connectivity index (χ1v) is 8.86. The third-order valence-corrected chi connectivity index (χ3v) is 4.75. The third-order valence-electron chi connectivity index (χ3n) is 4.75. The van der Waals surface area contributed by atoms with E-state index in [-0.39, 0.29) is 23.7 Å². The van der Waals surface area contributed by atoms with Crippen LogP contribution >= 0.6 is 0 Å². The van der Waals surface area contributed by atoms with E-state index in [4.69, 9.17) is 0 Å². The van der Waals surface area contributed by atoms with Crippen molar-refractivity contribution in [1.29, 1.82) is 0 Å². The normalized spacial score (nSPS) is 20.1. The van der Waals surface area contributed by atoms with Crippen molar-refractivity contribution in [3.8, 4) is 0 Å². The largest absolute Gasteiger partial charge is 0.356 e. The van der Waals surface area contributed by atoms with Crippen molar-refractivity contribution in [1.82, 2.24) is 10.2 Å². The van der Waals surface area contributed by atoms with Crippen molar-refractivity contribution >= 4 is 11.8 Å². The van der Waals surface area contributed by atoms with Gasteiger partial charge in [-0.1, -0.05) is 48.5 Å². The maximum Gasteiger partial charge on any atom is 0.253 e. The Hall–Kier alpha value is -2.62. The number of nitrogens with zero attached hydrogens (tertiary/aromatic N) is 1. The van der Waals surface area contributed by atoms with Crippen LogP contribution in [-0.4, -0.2) is 36.3 Å². The van der Waals surface area contributed by atoms with Crippen LogP contribution in [0.1, 0.15) is 35.2 Å². The molecule has 0 spiro atoms. The number of likely N-dealkylation sites (tertiary alicyclic amines) is 1. The molecule has 1 aliphatic heterocycles. The van der Waals surface area contributed by atoms with E-state index in [1.54, 1.807) is 0 Å². The van der Waals surface area contributed by atoms with Crippen molar-refractivity contribution in [2.24, 2.45) is 5.92 Å². The summed E-state index contributed by atoms with van der Waals surface area (Å²) in [6.07, 6.45) is 0.772.